The SMILES string of the molecule is Cc1cc(-c2cc(-c3cccc(OCC(=O)N(C)C4CCN(C)C4)c3)[nH]c(=O)n2)ccc1O. The summed E-state index contributed by atoms with van der Waals surface area (Å²) in [6.45, 7) is 3.60. The highest BCUT2D eigenvalue weighted by Crippen LogP contribution is 2.27. The van der Waals surface area contributed by atoms with Crippen LogP contribution in [-0.4, -0.2) is 70.6 Å². The number of aromatic amines is 1. The first kappa shape index (κ1) is 22.5. The normalized spacial score (nSPS) is 16.0. The molecule has 33 heavy (non-hydrogen) atoms. The van der Waals surface area contributed by atoms with Crippen molar-refractivity contribution in [3.05, 3.63) is 64.6 Å². The van der Waals surface area contributed by atoms with Crippen LogP contribution in [0, 0.1) is 6.92 Å². The van der Waals surface area contributed by atoms with Crippen molar-refractivity contribution in [2.45, 2.75) is 19.4 Å². The number of nitrogens with zero attached hydrogens (tertiary/aromatic N) is 3. The number of likely N-dealkylation sites (tertiary alicyclic amines) is 1. The highest BCUT2D eigenvalue weighted by Gasteiger charge is 2.26. The monoisotopic (exact) mass is 448 g/mol. The predicted molar refractivity (Wildman–Crippen MR) is 126 cm³/mol. The summed E-state index contributed by atoms with van der Waals surface area (Å²) in [7, 11) is 3.87. The lowest BCUT2D eigenvalue weighted by molar-refractivity contribution is -0.133. The van der Waals surface area contributed by atoms with Crippen molar-refractivity contribution in [3.63, 3.8) is 0 Å². The number of carbonyl (C=O) groups excluding carboxylic acids is 1. The predicted octanol–water partition coefficient (Wildman–Crippen LogP) is 2.66. The number of likely N-dealkylation sites (N-methyl/N-ethyl adjacent to an activating group) is 2. The second-order valence-electron chi connectivity index (χ2n) is 8.51. The van der Waals surface area contributed by atoms with E-state index < -0.39 is 5.69 Å². The third kappa shape index (κ3) is 5.23. The lowest BCUT2D eigenvalue weighted by Crippen LogP contribution is -2.41. The minimum atomic E-state index is -0.474. The van der Waals surface area contributed by atoms with E-state index in [1.807, 2.05) is 19.2 Å². The molecular weight excluding hydrogens is 420 g/mol. The molecule has 172 valence electrons. The zero-order valence-corrected chi connectivity index (χ0v) is 19.0. The Hall–Kier alpha value is -3.65. The van der Waals surface area contributed by atoms with Gasteiger partial charge in [-0.3, -0.25) is 4.79 Å². The van der Waals surface area contributed by atoms with Gasteiger partial charge < -0.3 is 24.6 Å². The van der Waals surface area contributed by atoms with Crippen LogP contribution in [0.1, 0.15) is 12.0 Å². The number of nitrogens with one attached hydrogen (secondary N) is 1. The number of hydrogen-bond donors (Lipinski definition) is 2. The molecule has 0 bridgehead atoms. The number of ether oxygens (including phenoxy) is 1. The summed E-state index contributed by atoms with van der Waals surface area (Å²) in [5.41, 5.74) is 2.78. The van der Waals surface area contributed by atoms with E-state index in [1.54, 1.807) is 48.2 Å². The molecule has 2 N–H and O–H groups in total. The van der Waals surface area contributed by atoms with Crippen LogP contribution < -0.4 is 10.4 Å². The molecule has 1 amide bonds. The summed E-state index contributed by atoms with van der Waals surface area (Å²) in [6.07, 6.45) is 0.965. The first-order valence-corrected chi connectivity index (χ1v) is 10.9. The number of aryl methyl sites for hydroxylation is 1. The lowest BCUT2D eigenvalue weighted by Gasteiger charge is -2.24. The number of benzene rings is 2. The van der Waals surface area contributed by atoms with E-state index >= 15 is 0 Å². The number of phenolic OH excluding ortho intramolecular Hbond substituents is 1. The number of rotatable bonds is 6. The Kier molecular flexibility index (Phi) is 6.46. The molecule has 1 unspecified atom stereocenters. The minimum absolute atomic E-state index is 0.0505. The number of phenols is 1. The number of hydrogen-bond acceptors (Lipinski definition) is 6. The molecule has 2 heterocycles. The van der Waals surface area contributed by atoms with Crippen molar-refractivity contribution in [2.24, 2.45) is 0 Å². The quantitative estimate of drug-likeness (QED) is 0.602. The number of carbonyl (C=O) groups is 1. The lowest BCUT2D eigenvalue weighted by atomic mass is 10.1. The van der Waals surface area contributed by atoms with Crippen LogP contribution in [0.3, 0.4) is 0 Å². The fourth-order valence-electron chi connectivity index (χ4n) is 4.01. The third-order valence-electron chi connectivity index (χ3n) is 6.05. The number of aromatic nitrogens is 2. The van der Waals surface area contributed by atoms with E-state index in [1.165, 1.54) is 0 Å². The Labute approximate surface area is 192 Å². The smallest absolute Gasteiger partial charge is 0.345 e. The Bertz CT molecular complexity index is 1220. The molecule has 1 aliphatic heterocycles. The topological polar surface area (TPSA) is 98.8 Å². The summed E-state index contributed by atoms with van der Waals surface area (Å²) in [5.74, 6) is 0.661. The van der Waals surface area contributed by atoms with Gasteiger partial charge in [-0.05, 0) is 68.9 Å². The standard InChI is InChI=1S/C25H28N4O4/c1-16-11-18(7-8-23(16)30)22-13-21(26-25(32)27-22)17-5-4-6-20(12-17)33-15-24(31)29(3)19-9-10-28(2)14-19/h4-8,11-13,19,30H,9-10,14-15H2,1-3H3,(H,26,27,32). The molecule has 0 aliphatic carbocycles. The van der Waals surface area contributed by atoms with Gasteiger partial charge in [-0.25, -0.2) is 4.79 Å². The van der Waals surface area contributed by atoms with Crippen LogP contribution in [0.2, 0.25) is 0 Å². The zero-order chi connectivity index (χ0) is 23.5. The van der Waals surface area contributed by atoms with Crippen molar-refractivity contribution < 1.29 is 14.6 Å². The van der Waals surface area contributed by atoms with E-state index in [0.29, 0.717) is 22.7 Å². The summed E-state index contributed by atoms with van der Waals surface area (Å²) in [4.78, 5) is 35.6. The van der Waals surface area contributed by atoms with Crippen LogP contribution in [-0.2, 0) is 4.79 Å². The van der Waals surface area contributed by atoms with Crippen molar-refractivity contribution in [3.8, 4) is 34.0 Å². The Balaban J connectivity index is 1.50. The summed E-state index contributed by atoms with van der Waals surface area (Å²) >= 11 is 0. The molecule has 1 aromatic heterocycles. The first-order valence-electron chi connectivity index (χ1n) is 10.9. The van der Waals surface area contributed by atoms with E-state index in [0.717, 1.165) is 30.6 Å². The van der Waals surface area contributed by atoms with Crippen molar-refractivity contribution in [1.82, 2.24) is 19.8 Å². The van der Waals surface area contributed by atoms with Gasteiger partial charge in [0, 0.05) is 30.8 Å². The van der Waals surface area contributed by atoms with Gasteiger partial charge in [0.25, 0.3) is 5.91 Å². The van der Waals surface area contributed by atoms with E-state index in [9.17, 15) is 14.7 Å². The van der Waals surface area contributed by atoms with Crippen LogP contribution in [0.4, 0.5) is 0 Å². The maximum absolute atomic E-state index is 12.6. The van der Waals surface area contributed by atoms with Crippen molar-refractivity contribution in [1.29, 1.82) is 0 Å². The Morgan fingerprint density at radius 2 is 2.06 bits per heavy atom. The van der Waals surface area contributed by atoms with Gasteiger partial charge >= 0.3 is 5.69 Å². The van der Waals surface area contributed by atoms with Crippen LogP contribution >= 0.6 is 0 Å². The fraction of sp³-hybridized carbons (Fsp3) is 0.320. The van der Waals surface area contributed by atoms with Crippen LogP contribution in [0.25, 0.3) is 22.5 Å². The maximum atomic E-state index is 12.6. The fourth-order valence-corrected chi connectivity index (χ4v) is 4.01. The highest BCUT2D eigenvalue weighted by atomic mass is 16.5. The van der Waals surface area contributed by atoms with Gasteiger partial charge in [-0.2, -0.15) is 4.98 Å². The summed E-state index contributed by atoms with van der Waals surface area (Å²) < 4.78 is 5.77. The highest BCUT2D eigenvalue weighted by molar-refractivity contribution is 5.78. The molecule has 8 nitrogen and oxygen atoms in total. The van der Waals surface area contributed by atoms with Crippen molar-refractivity contribution >= 4 is 5.91 Å². The van der Waals surface area contributed by atoms with E-state index in [2.05, 4.69) is 21.9 Å². The second-order valence-corrected chi connectivity index (χ2v) is 8.51. The maximum Gasteiger partial charge on any atom is 0.345 e. The number of amides is 1. The molecule has 0 spiro atoms. The molecular formula is C25H28N4O4. The Morgan fingerprint density at radius 3 is 2.79 bits per heavy atom. The third-order valence-corrected chi connectivity index (χ3v) is 6.05. The molecule has 8 heteroatoms. The molecule has 2 aromatic carbocycles. The number of aromatic hydroxyl groups is 1. The van der Waals surface area contributed by atoms with Gasteiger partial charge in [0.1, 0.15) is 11.5 Å². The largest absolute Gasteiger partial charge is 0.508 e. The molecule has 1 saturated heterocycles. The van der Waals surface area contributed by atoms with E-state index in [4.69, 9.17) is 4.74 Å². The molecule has 0 radical (unpaired) electrons. The average molecular weight is 449 g/mol. The first-order chi connectivity index (χ1) is 15.8. The minimum Gasteiger partial charge on any atom is -0.508 e. The zero-order valence-electron chi connectivity index (χ0n) is 19.0. The van der Waals surface area contributed by atoms with Gasteiger partial charge in [0.2, 0.25) is 0 Å². The molecule has 1 fully saturated rings. The van der Waals surface area contributed by atoms with Crippen molar-refractivity contribution in [2.75, 3.05) is 33.8 Å². The molecule has 0 saturated carbocycles. The molecule has 4 rings (SSSR count). The molecule has 3 aromatic rings. The molecule has 1 aliphatic rings. The summed E-state index contributed by atoms with van der Waals surface area (Å²) in [5, 5.41) is 9.77. The van der Waals surface area contributed by atoms with Gasteiger partial charge in [0.05, 0.1) is 11.4 Å². The average Bonchev–Trinajstić information content (AvgIpc) is 3.24. The van der Waals surface area contributed by atoms with Crippen LogP contribution in [0.5, 0.6) is 11.5 Å². The Morgan fingerprint density at radius 1 is 1.24 bits per heavy atom. The van der Waals surface area contributed by atoms with Gasteiger partial charge in [0.15, 0.2) is 6.61 Å². The second kappa shape index (κ2) is 9.46. The van der Waals surface area contributed by atoms with Gasteiger partial charge in [-0.1, -0.05) is 12.1 Å². The molecule has 1 atom stereocenters. The number of H-pyrrole nitrogens is 1. The van der Waals surface area contributed by atoms with Crippen LogP contribution in [0.15, 0.2) is 53.3 Å². The van der Waals surface area contributed by atoms with Gasteiger partial charge in [-0.15, -0.1) is 0 Å². The van der Waals surface area contributed by atoms with E-state index in [-0.39, 0.29) is 24.3 Å². The summed E-state index contributed by atoms with van der Waals surface area (Å²) in [6, 6.07) is 14.3.